The molecule has 37 heavy (non-hydrogen) atoms. The molecule has 0 unspecified atom stereocenters. The van der Waals surface area contributed by atoms with Gasteiger partial charge in [-0.3, -0.25) is 4.79 Å². The number of nitrogens with zero attached hydrogens (tertiary/aromatic N) is 5. The molecule has 3 heterocycles. The summed E-state index contributed by atoms with van der Waals surface area (Å²) in [6, 6.07) is 15.0. The summed E-state index contributed by atoms with van der Waals surface area (Å²) in [7, 11) is 1.67. The third-order valence-electron chi connectivity index (χ3n) is 6.17. The van der Waals surface area contributed by atoms with E-state index in [4.69, 9.17) is 31.8 Å². The van der Waals surface area contributed by atoms with Crippen molar-refractivity contribution < 1.29 is 14.3 Å². The number of benzene rings is 2. The Morgan fingerprint density at radius 3 is 2.57 bits per heavy atom. The van der Waals surface area contributed by atoms with Crippen LogP contribution in [0.5, 0.6) is 11.5 Å². The highest BCUT2D eigenvalue weighted by atomic mass is 35.5. The van der Waals surface area contributed by atoms with Crippen molar-refractivity contribution in [3.63, 3.8) is 0 Å². The highest BCUT2D eigenvalue weighted by molar-refractivity contribution is 7.18. The molecule has 0 bridgehead atoms. The third-order valence-corrected chi connectivity index (χ3v) is 7.43. The fraction of sp³-hybridized carbons (Fsp3) is 0.308. The van der Waals surface area contributed by atoms with Crippen molar-refractivity contribution in [2.24, 2.45) is 0 Å². The molecular weight excluding hydrogens is 512 g/mol. The molecule has 4 aromatic rings. The summed E-state index contributed by atoms with van der Waals surface area (Å²) in [5, 5.41) is 1.60. The smallest absolute Gasteiger partial charge is 0.260 e. The normalized spacial score (nSPS) is 13.7. The molecule has 2 aromatic heterocycles. The number of halogens is 1. The van der Waals surface area contributed by atoms with Crippen molar-refractivity contribution in [1.29, 1.82) is 0 Å². The topological polar surface area (TPSA) is 107 Å². The van der Waals surface area contributed by atoms with Crippen LogP contribution in [0.4, 0.5) is 11.8 Å². The van der Waals surface area contributed by atoms with Crippen LogP contribution in [0.1, 0.15) is 10.6 Å². The first-order valence-corrected chi connectivity index (χ1v) is 13.1. The molecule has 1 aliphatic rings. The molecule has 192 valence electrons. The number of piperazine rings is 1. The average molecular weight is 539 g/mol. The number of nitrogens with two attached hydrogens (primary N) is 1. The van der Waals surface area contributed by atoms with Gasteiger partial charge in [0, 0.05) is 37.6 Å². The van der Waals surface area contributed by atoms with Crippen LogP contribution in [-0.4, -0.2) is 65.7 Å². The maximum atomic E-state index is 12.7. The second-order valence-corrected chi connectivity index (χ2v) is 10.1. The Morgan fingerprint density at radius 1 is 1.03 bits per heavy atom. The Labute approximate surface area is 223 Å². The van der Waals surface area contributed by atoms with Crippen LogP contribution in [0.25, 0.3) is 10.3 Å². The van der Waals surface area contributed by atoms with Crippen LogP contribution in [0.15, 0.2) is 48.5 Å². The van der Waals surface area contributed by atoms with E-state index in [-0.39, 0.29) is 18.5 Å². The number of nitrogen functional groups attached to an aromatic ring is 1. The number of carbonyl (C=O) groups excluding carboxylic acids is 1. The van der Waals surface area contributed by atoms with Crippen LogP contribution < -0.4 is 20.1 Å². The Bertz CT molecular complexity index is 1390. The Kier molecular flexibility index (Phi) is 7.57. The number of rotatable bonds is 8. The molecule has 0 spiro atoms. The summed E-state index contributed by atoms with van der Waals surface area (Å²) in [4.78, 5) is 31.2. The molecular formula is C26H27ClN6O3S. The van der Waals surface area contributed by atoms with Crippen molar-refractivity contribution in [2.45, 2.75) is 12.8 Å². The molecule has 2 aromatic carbocycles. The third kappa shape index (κ3) is 6.03. The number of carbonyl (C=O) groups is 1. The Balaban J connectivity index is 1.22. The molecule has 11 heteroatoms. The SMILES string of the molecule is COc1cccc(CCc2nc3c(N4CCN(C(=O)COc5ccc(Cl)cc5)CC4)nc(N)nc3s2)c1. The fourth-order valence-corrected chi connectivity index (χ4v) is 5.27. The molecule has 0 atom stereocenters. The molecule has 5 rings (SSSR count). The highest BCUT2D eigenvalue weighted by Gasteiger charge is 2.25. The molecule has 1 aliphatic heterocycles. The predicted octanol–water partition coefficient (Wildman–Crippen LogP) is 3.84. The Hall–Kier alpha value is -3.63. The minimum Gasteiger partial charge on any atom is -0.497 e. The van der Waals surface area contributed by atoms with E-state index in [1.54, 1.807) is 47.6 Å². The summed E-state index contributed by atoms with van der Waals surface area (Å²) in [5.41, 5.74) is 7.98. The summed E-state index contributed by atoms with van der Waals surface area (Å²) in [6.45, 7) is 2.33. The quantitative estimate of drug-likeness (QED) is 0.360. The largest absolute Gasteiger partial charge is 0.497 e. The average Bonchev–Trinajstić information content (AvgIpc) is 3.34. The molecule has 0 saturated carbocycles. The lowest BCUT2D eigenvalue weighted by Gasteiger charge is -2.35. The molecule has 1 fully saturated rings. The van der Waals surface area contributed by atoms with Gasteiger partial charge in [0.2, 0.25) is 5.95 Å². The predicted molar refractivity (Wildman–Crippen MR) is 146 cm³/mol. The maximum Gasteiger partial charge on any atom is 0.260 e. The van der Waals surface area contributed by atoms with E-state index in [1.807, 2.05) is 18.2 Å². The lowest BCUT2D eigenvalue weighted by Crippen LogP contribution is -2.50. The molecule has 0 radical (unpaired) electrons. The molecule has 9 nitrogen and oxygen atoms in total. The van der Waals surface area contributed by atoms with Gasteiger partial charge in [0.05, 0.1) is 12.1 Å². The summed E-state index contributed by atoms with van der Waals surface area (Å²) < 4.78 is 10.9. The van der Waals surface area contributed by atoms with Gasteiger partial charge in [0.1, 0.15) is 17.0 Å². The van der Waals surface area contributed by atoms with Crippen molar-refractivity contribution in [2.75, 3.05) is 50.5 Å². The summed E-state index contributed by atoms with van der Waals surface area (Å²) >= 11 is 7.44. The van der Waals surface area contributed by atoms with E-state index < -0.39 is 0 Å². The van der Waals surface area contributed by atoms with E-state index >= 15 is 0 Å². The zero-order chi connectivity index (χ0) is 25.8. The van der Waals surface area contributed by atoms with Crippen LogP contribution in [0.2, 0.25) is 5.02 Å². The highest BCUT2D eigenvalue weighted by Crippen LogP contribution is 2.30. The van der Waals surface area contributed by atoms with Gasteiger partial charge in [-0.15, -0.1) is 0 Å². The van der Waals surface area contributed by atoms with E-state index in [0.717, 1.165) is 39.8 Å². The first-order valence-electron chi connectivity index (χ1n) is 12.0. The minimum absolute atomic E-state index is 0.0188. The second kappa shape index (κ2) is 11.2. The number of hydrogen-bond acceptors (Lipinski definition) is 9. The first kappa shape index (κ1) is 25.0. The number of aromatic nitrogens is 3. The molecule has 1 saturated heterocycles. The first-order chi connectivity index (χ1) is 18.0. The van der Waals surface area contributed by atoms with Crippen molar-refractivity contribution in [3.8, 4) is 11.5 Å². The zero-order valence-corrected chi connectivity index (χ0v) is 22.0. The number of hydrogen-bond donors (Lipinski definition) is 1. The summed E-state index contributed by atoms with van der Waals surface area (Å²) in [5.74, 6) is 2.34. The van der Waals surface area contributed by atoms with Crippen LogP contribution in [-0.2, 0) is 17.6 Å². The number of ether oxygens (including phenoxy) is 2. The fourth-order valence-electron chi connectivity index (χ4n) is 4.21. The number of fused-ring (bicyclic) bond motifs is 1. The van der Waals surface area contributed by atoms with Gasteiger partial charge >= 0.3 is 0 Å². The number of amides is 1. The number of methoxy groups -OCH3 is 1. The lowest BCUT2D eigenvalue weighted by molar-refractivity contribution is -0.133. The van der Waals surface area contributed by atoms with E-state index in [0.29, 0.717) is 37.0 Å². The maximum absolute atomic E-state index is 12.7. The van der Waals surface area contributed by atoms with Gasteiger partial charge in [0.25, 0.3) is 5.91 Å². The molecule has 0 aliphatic carbocycles. The number of anilines is 2. The molecule has 2 N–H and O–H groups in total. The van der Waals surface area contributed by atoms with Gasteiger partial charge < -0.3 is 25.0 Å². The van der Waals surface area contributed by atoms with Gasteiger partial charge in [0.15, 0.2) is 17.3 Å². The minimum atomic E-state index is -0.0598. The van der Waals surface area contributed by atoms with Gasteiger partial charge in [-0.25, -0.2) is 9.97 Å². The number of aryl methyl sites for hydroxylation is 2. The van der Waals surface area contributed by atoms with Crippen molar-refractivity contribution >= 4 is 51.0 Å². The zero-order valence-electron chi connectivity index (χ0n) is 20.4. The second-order valence-electron chi connectivity index (χ2n) is 8.63. The summed E-state index contributed by atoms with van der Waals surface area (Å²) in [6.07, 6.45) is 1.62. The van der Waals surface area contributed by atoms with Crippen molar-refractivity contribution in [1.82, 2.24) is 19.9 Å². The van der Waals surface area contributed by atoms with Crippen LogP contribution in [0.3, 0.4) is 0 Å². The van der Waals surface area contributed by atoms with E-state index in [2.05, 4.69) is 20.9 Å². The molecule has 1 amide bonds. The van der Waals surface area contributed by atoms with Crippen LogP contribution in [0, 0.1) is 0 Å². The monoisotopic (exact) mass is 538 g/mol. The van der Waals surface area contributed by atoms with E-state index in [9.17, 15) is 4.79 Å². The van der Waals surface area contributed by atoms with E-state index in [1.165, 1.54) is 5.56 Å². The van der Waals surface area contributed by atoms with Gasteiger partial charge in [-0.2, -0.15) is 4.98 Å². The van der Waals surface area contributed by atoms with Crippen molar-refractivity contribution in [3.05, 3.63) is 64.1 Å². The van der Waals surface area contributed by atoms with Gasteiger partial charge in [-0.05, 0) is 48.4 Å². The van der Waals surface area contributed by atoms with Gasteiger partial charge in [-0.1, -0.05) is 35.1 Å². The standard InChI is InChI=1S/C26H27ClN6O3S/c1-35-20-4-2-3-17(15-20)5-10-21-29-23-24(30-26(28)31-25(23)37-21)33-13-11-32(12-14-33)22(34)16-36-19-8-6-18(27)7-9-19/h2-4,6-9,15H,5,10-14,16H2,1H3,(H2,28,30,31). The Morgan fingerprint density at radius 2 is 1.81 bits per heavy atom. The lowest BCUT2D eigenvalue weighted by atomic mass is 10.1. The number of thiazole rings is 1. The van der Waals surface area contributed by atoms with Crippen LogP contribution >= 0.6 is 22.9 Å².